The zero-order valence-electron chi connectivity index (χ0n) is 13.7. The van der Waals surface area contributed by atoms with E-state index in [2.05, 4.69) is 17.1 Å². The summed E-state index contributed by atoms with van der Waals surface area (Å²) in [6, 6.07) is 11.0. The number of nitrogens with zero attached hydrogens (tertiary/aromatic N) is 3. The molecule has 0 radical (unpaired) electrons. The standard InChI is InChI=1S/C20H16FN3O/c1-12-15(21)3-2-4-16(12)24-18-11-14(13-5-6-13)7-8-17(18)23-10-9-22-19(23)20(24)25/h2-4,7-11,13H,5-6H2,1H3. The van der Waals surface area contributed by atoms with Gasteiger partial charge in [0, 0.05) is 18.0 Å². The predicted octanol–water partition coefficient (Wildman–Crippen LogP) is 3.96. The summed E-state index contributed by atoms with van der Waals surface area (Å²) in [7, 11) is 0. The van der Waals surface area contributed by atoms with E-state index < -0.39 is 0 Å². The van der Waals surface area contributed by atoms with Crippen LogP contribution in [0.2, 0.25) is 0 Å². The molecule has 0 N–H and O–H groups in total. The zero-order valence-corrected chi connectivity index (χ0v) is 13.7. The van der Waals surface area contributed by atoms with Crippen LogP contribution in [0, 0.1) is 12.7 Å². The Balaban J connectivity index is 1.97. The molecule has 4 aromatic rings. The second-order valence-corrected chi connectivity index (χ2v) is 6.67. The summed E-state index contributed by atoms with van der Waals surface area (Å²) >= 11 is 0. The minimum Gasteiger partial charge on any atom is -0.294 e. The van der Waals surface area contributed by atoms with Crippen molar-refractivity contribution in [2.75, 3.05) is 0 Å². The second kappa shape index (κ2) is 5.02. The molecule has 2 aromatic carbocycles. The van der Waals surface area contributed by atoms with E-state index in [0.29, 0.717) is 22.8 Å². The lowest BCUT2D eigenvalue weighted by Gasteiger charge is -2.15. The number of hydrogen-bond acceptors (Lipinski definition) is 2. The molecular formula is C20H16FN3O. The fourth-order valence-electron chi connectivity index (χ4n) is 3.54. The van der Waals surface area contributed by atoms with Crippen molar-refractivity contribution in [2.45, 2.75) is 25.7 Å². The monoisotopic (exact) mass is 333 g/mol. The van der Waals surface area contributed by atoms with E-state index in [1.165, 1.54) is 24.5 Å². The molecule has 2 aromatic heterocycles. The van der Waals surface area contributed by atoms with Gasteiger partial charge >= 0.3 is 0 Å². The summed E-state index contributed by atoms with van der Waals surface area (Å²) in [4.78, 5) is 17.3. The van der Waals surface area contributed by atoms with Gasteiger partial charge in [-0.05, 0) is 55.5 Å². The van der Waals surface area contributed by atoms with Gasteiger partial charge in [-0.2, -0.15) is 0 Å². The summed E-state index contributed by atoms with van der Waals surface area (Å²) in [6.45, 7) is 1.70. The highest BCUT2D eigenvalue weighted by Crippen LogP contribution is 2.41. The van der Waals surface area contributed by atoms with Crippen LogP contribution < -0.4 is 5.56 Å². The third-order valence-electron chi connectivity index (χ3n) is 5.06. The molecule has 5 heteroatoms. The van der Waals surface area contributed by atoms with Crippen LogP contribution in [0.25, 0.3) is 22.4 Å². The molecule has 0 amide bonds. The lowest BCUT2D eigenvalue weighted by Crippen LogP contribution is -2.22. The Hall–Kier alpha value is -2.95. The molecule has 1 aliphatic carbocycles. The molecule has 5 rings (SSSR count). The first-order valence-electron chi connectivity index (χ1n) is 8.42. The van der Waals surface area contributed by atoms with E-state index in [1.807, 2.05) is 6.07 Å². The summed E-state index contributed by atoms with van der Waals surface area (Å²) in [5.74, 6) is 0.249. The van der Waals surface area contributed by atoms with Crippen molar-refractivity contribution in [1.29, 1.82) is 0 Å². The van der Waals surface area contributed by atoms with Crippen LogP contribution in [0.5, 0.6) is 0 Å². The van der Waals surface area contributed by atoms with Gasteiger partial charge in [0.2, 0.25) is 5.65 Å². The number of fused-ring (bicyclic) bond motifs is 3. The Morgan fingerprint density at radius 1 is 1.16 bits per heavy atom. The van der Waals surface area contributed by atoms with Crippen LogP contribution in [0.4, 0.5) is 4.39 Å². The quantitative estimate of drug-likeness (QED) is 0.557. The number of hydrogen-bond donors (Lipinski definition) is 0. The van der Waals surface area contributed by atoms with E-state index in [4.69, 9.17) is 0 Å². The van der Waals surface area contributed by atoms with Gasteiger partial charge in [0.25, 0.3) is 5.56 Å². The molecule has 0 aliphatic heterocycles. The second-order valence-electron chi connectivity index (χ2n) is 6.67. The highest BCUT2D eigenvalue weighted by atomic mass is 19.1. The topological polar surface area (TPSA) is 39.3 Å². The summed E-state index contributed by atoms with van der Waals surface area (Å²) < 4.78 is 17.5. The van der Waals surface area contributed by atoms with Crippen molar-refractivity contribution in [3.63, 3.8) is 0 Å². The van der Waals surface area contributed by atoms with E-state index in [9.17, 15) is 9.18 Å². The molecular weight excluding hydrogens is 317 g/mol. The van der Waals surface area contributed by atoms with E-state index >= 15 is 0 Å². The Labute approximate surface area is 143 Å². The Morgan fingerprint density at radius 2 is 2.00 bits per heavy atom. The van der Waals surface area contributed by atoms with Gasteiger partial charge in [-0.15, -0.1) is 0 Å². The maximum absolute atomic E-state index is 14.1. The van der Waals surface area contributed by atoms with Gasteiger partial charge in [0.05, 0.1) is 16.7 Å². The van der Waals surface area contributed by atoms with Crippen LogP contribution in [0.15, 0.2) is 53.6 Å². The fraction of sp³-hybridized carbons (Fsp3) is 0.200. The van der Waals surface area contributed by atoms with Crippen molar-refractivity contribution in [3.05, 3.63) is 76.1 Å². The average Bonchev–Trinajstić information content (AvgIpc) is 3.35. The van der Waals surface area contributed by atoms with Crippen molar-refractivity contribution in [3.8, 4) is 5.69 Å². The minimum absolute atomic E-state index is 0.237. The molecule has 0 bridgehead atoms. The van der Waals surface area contributed by atoms with Crippen molar-refractivity contribution < 1.29 is 4.39 Å². The van der Waals surface area contributed by atoms with Gasteiger partial charge in [-0.1, -0.05) is 12.1 Å². The molecule has 2 heterocycles. The van der Waals surface area contributed by atoms with Crippen LogP contribution in [0.3, 0.4) is 0 Å². The van der Waals surface area contributed by atoms with Crippen LogP contribution >= 0.6 is 0 Å². The van der Waals surface area contributed by atoms with E-state index in [1.54, 1.807) is 40.4 Å². The number of halogens is 1. The average molecular weight is 333 g/mol. The summed E-state index contributed by atoms with van der Waals surface area (Å²) in [5, 5.41) is 0. The normalized spacial score (nSPS) is 14.5. The van der Waals surface area contributed by atoms with Crippen molar-refractivity contribution in [1.82, 2.24) is 14.0 Å². The largest absolute Gasteiger partial charge is 0.299 e. The molecule has 1 aliphatic rings. The van der Waals surface area contributed by atoms with Gasteiger partial charge in [0.15, 0.2) is 0 Å². The zero-order chi connectivity index (χ0) is 17.1. The molecule has 124 valence electrons. The molecule has 1 fully saturated rings. The lowest BCUT2D eigenvalue weighted by atomic mass is 10.1. The first-order chi connectivity index (χ1) is 12.1. The lowest BCUT2D eigenvalue weighted by molar-refractivity contribution is 0.617. The number of benzene rings is 2. The van der Waals surface area contributed by atoms with Gasteiger partial charge in [-0.3, -0.25) is 13.8 Å². The van der Waals surface area contributed by atoms with Crippen LogP contribution in [-0.4, -0.2) is 14.0 Å². The van der Waals surface area contributed by atoms with Gasteiger partial charge in [-0.25, -0.2) is 9.37 Å². The first kappa shape index (κ1) is 14.4. The van der Waals surface area contributed by atoms with Gasteiger partial charge < -0.3 is 0 Å². The van der Waals surface area contributed by atoms with Crippen LogP contribution in [0.1, 0.15) is 29.9 Å². The third-order valence-corrected chi connectivity index (χ3v) is 5.06. The number of imidazole rings is 1. The maximum atomic E-state index is 14.1. The highest BCUT2D eigenvalue weighted by molar-refractivity contribution is 5.81. The minimum atomic E-state index is -0.320. The molecule has 0 saturated heterocycles. The Bertz CT molecular complexity index is 1200. The maximum Gasteiger partial charge on any atom is 0.299 e. The highest BCUT2D eigenvalue weighted by Gasteiger charge is 2.25. The molecule has 0 spiro atoms. The fourth-order valence-corrected chi connectivity index (χ4v) is 3.54. The summed E-state index contributed by atoms with van der Waals surface area (Å²) in [5.41, 5.74) is 4.03. The molecule has 4 nitrogen and oxygen atoms in total. The SMILES string of the molecule is Cc1c(F)cccc1-n1c(=O)c2nccn2c2ccc(C3CC3)cc21. The third kappa shape index (κ3) is 2.05. The number of rotatable bonds is 2. The van der Waals surface area contributed by atoms with E-state index in [0.717, 1.165) is 11.0 Å². The molecule has 1 saturated carbocycles. The van der Waals surface area contributed by atoms with Crippen molar-refractivity contribution >= 4 is 16.7 Å². The first-order valence-corrected chi connectivity index (χ1v) is 8.42. The number of aromatic nitrogens is 3. The Morgan fingerprint density at radius 3 is 2.80 bits per heavy atom. The van der Waals surface area contributed by atoms with Gasteiger partial charge in [0.1, 0.15) is 5.82 Å². The van der Waals surface area contributed by atoms with Crippen molar-refractivity contribution in [2.24, 2.45) is 0 Å². The smallest absolute Gasteiger partial charge is 0.294 e. The Kier molecular flexibility index (Phi) is 2.89. The molecule has 0 unspecified atom stereocenters. The van der Waals surface area contributed by atoms with E-state index in [-0.39, 0.29) is 11.4 Å². The summed E-state index contributed by atoms with van der Waals surface area (Å²) in [6.07, 6.45) is 5.77. The molecule has 0 atom stereocenters. The molecule has 25 heavy (non-hydrogen) atoms. The predicted molar refractivity (Wildman–Crippen MR) is 95.0 cm³/mol. The van der Waals surface area contributed by atoms with Crippen LogP contribution in [-0.2, 0) is 0 Å².